The molecular formula is C27H21Cl2N5O2. The summed E-state index contributed by atoms with van der Waals surface area (Å²) in [5, 5.41) is 11.8. The lowest BCUT2D eigenvalue weighted by Gasteiger charge is -2.24. The summed E-state index contributed by atoms with van der Waals surface area (Å²) in [6.07, 6.45) is 5.09. The van der Waals surface area contributed by atoms with Gasteiger partial charge in [0.05, 0.1) is 7.11 Å². The molecule has 1 unspecified atom stereocenters. The predicted octanol–water partition coefficient (Wildman–Crippen LogP) is 6.30. The smallest absolute Gasteiger partial charge is 0.250 e. The second kappa shape index (κ2) is 10.3. The van der Waals surface area contributed by atoms with Crippen molar-refractivity contribution in [3.05, 3.63) is 112 Å². The summed E-state index contributed by atoms with van der Waals surface area (Å²) in [5.41, 5.74) is 3.51. The van der Waals surface area contributed by atoms with Crippen molar-refractivity contribution in [3.8, 4) is 5.75 Å². The first-order valence-corrected chi connectivity index (χ1v) is 11.8. The highest BCUT2D eigenvalue weighted by Crippen LogP contribution is 2.34. The molecule has 1 atom stereocenters. The normalized spacial score (nSPS) is 14.6. The van der Waals surface area contributed by atoms with Gasteiger partial charge < -0.3 is 10.1 Å². The van der Waals surface area contributed by atoms with Gasteiger partial charge in [-0.25, -0.2) is 4.68 Å². The fraction of sp³-hybridized carbons (Fsp3) is 0.0741. The van der Waals surface area contributed by atoms with Crippen LogP contribution in [0.4, 0.5) is 11.9 Å². The van der Waals surface area contributed by atoms with Gasteiger partial charge in [0.25, 0.3) is 11.9 Å². The van der Waals surface area contributed by atoms with Crippen molar-refractivity contribution in [1.29, 1.82) is 0 Å². The molecule has 9 heteroatoms. The molecule has 0 aliphatic carbocycles. The fourth-order valence-corrected chi connectivity index (χ4v) is 4.13. The van der Waals surface area contributed by atoms with E-state index in [-0.39, 0.29) is 17.9 Å². The number of aromatic nitrogens is 3. The Morgan fingerprint density at radius 3 is 2.53 bits per heavy atom. The summed E-state index contributed by atoms with van der Waals surface area (Å²) in [6, 6.07) is 22.3. The number of hydrogen-bond acceptors (Lipinski definition) is 5. The van der Waals surface area contributed by atoms with E-state index in [4.69, 9.17) is 27.9 Å². The molecule has 0 radical (unpaired) electrons. The molecule has 0 bridgehead atoms. The largest absolute Gasteiger partial charge is 0.497 e. The molecule has 5 rings (SSSR count). The highest BCUT2D eigenvalue weighted by molar-refractivity contribution is 6.32. The number of halogens is 2. The number of fused-ring (bicyclic) bond motifs is 1. The predicted molar refractivity (Wildman–Crippen MR) is 143 cm³/mol. The number of methoxy groups -OCH3 is 1. The number of benzene rings is 3. The molecule has 3 aromatic carbocycles. The minimum absolute atomic E-state index is 0.176. The summed E-state index contributed by atoms with van der Waals surface area (Å²) >= 11 is 12.2. The zero-order valence-electron chi connectivity index (χ0n) is 19.2. The Labute approximate surface area is 218 Å². The van der Waals surface area contributed by atoms with Crippen LogP contribution in [0.25, 0.3) is 11.8 Å². The topological polar surface area (TPSA) is 81.1 Å². The Kier molecular flexibility index (Phi) is 6.75. The van der Waals surface area contributed by atoms with Crippen LogP contribution in [-0.2, 0) is 4.79 Å². The van der Waals surface area contributed by atoms with E-state index in [0.717, 1.165) is 28.1 Å². The summed E-state index contributed by atoms with van der Waals surface area (Å²) in [4.78, 5) is 17.1. The minimum atomic E-state index is -0.371. The number of rotatable bonds is 6. The van der Waals surface area contributed by atoms with E-state index < -0.39 is 0 Å². The maximum atomic E-state index is 12.6. The number of hydrogen-bond donors (Lipinski definition) is 2. The zero-order valence-corrected chi connectivity index (χ0v) is 20.7. The Balaban J connectivity index is 1.44. The van der Waals surface area contributed by atoms with Crippen LogP contribution >= 0.6 is 23.2 Å². The number of carbonyl (C=O) groups is 1. The molecule has 0 spiro atoms. The lowest BCUT2D eigenvalue weighted by atomic mass is 10.0. The molecule has 0 saturated carbocycles. The Hall–Kier alpha value is -4.07. The third-order valence-electron chi connectivity index (χ3n) is 5.63. The Bertz CT molecular complexity index is 1460. The average molecular weight is 518 g/mol. The average Bonchev–Trinajstić information content (AvgIpc) is 3.30. The molecule has 0 saturated heterocycles. The number of anilines is 2. The van der Waals surface area contributed by atoms with Gasteiger partial charge in [0.2, 0.25) is 5.95 Å². The standard InChI is InChI=1S/C27H21Cl2N5O2/c1-36-21-13-8-19(9-14-21)24-16-23(18-6-11-20(28)12-7-18)30-27-32-26(33-34(24)27)31-25(35)15-10-17-4-2-3-5-22(17)29/h2-16,24H,1H3,(H2,30,31,32,33,35). The summed E-state index contributed by atoms with van der Waals surface area (Å²) < 4.78 is 7.03. The monoisotopic (exact) mass is 517 g/mol. The van der Waals surface area contributed by atoms with Gasteiger partial charge in [0.1, 0.15) is 11.8 Å². The van der Waals surface area contributed by atoms with Crippen LogP contribution in [0.1, 0.15) is 22.7 Å². The van der Waals surface area contributed by atoms with Crippen molar-refractivity contribution < 1.29 is 9.53 Å². The number of allylic oxidation sites excluding steroid dienone is 1. The van der Waals surface area contributed by atoms with Gasteiger partial charge >= 0.3 is 0 Å². The van der Waals surface area contributed by atoms with Crippen LogP contribution in [-0.4, -0.2) is 27.8 Å². The minimum Gasteiger partial charge on any atom is -0.497 e. The van der Waals surface area contributed by atoms with E-state index in [1.54, 1.807) is 23.9 Å². The second-order valence-electron chi connectivity index (χ2n) is 7.98. The molecule has 180 valence electrons. The van der Waals surface area contributed by atoms with Crippen LogP contribution in [0.5, 0.6) is 5.75 Å². The fourth-order valence-electron chi connectivity index (χ4n) is 3.81. The summed E-state index contributed by atoms with van der Waals surface area (Å²) in [5.74, 6) is 1.06. The van der Waals surface area contributed by atoms with Crippen molar-refractivity contribution in [3.63, 3.8) is 0 Å². The van der Waals surface area contributed by atoms with Crippen molar-refractivity contribution in [2.45, 2.75) is 6.04 Å². The van der Waals surface area contributed by atoms with Gasteiger partial charge in [-0.3, -0.25) is 10.1 Å². The molecule has 1 aliphatic heterocycles. The van der Waals surface area contributed by atoms with Crippen LogP contribution in [0.2, 0.25) is 10.0 Å². The molecule has 4 aromatic rings. The zero-order chi connectivity index (χ0) is 25.1. The molecule has 1 amide bonds. The SMILES string of the molecule is COc1ccc(C2C=C(c3ccc(Cl)cc3)Nc3nc(NC(=O)C=Cc4ccccc4Cl)nn32)cc1. The third kappa shape index (κ3) is 5.12. The molecule has 2 N–H and O–H groups in total. The number of ether oxygens (including phenoxy) is 1. The molecule has 7 nitrogen and oxygen atoms in total. The quantitative estimate of drug-likeness (QED) is 0.293. The van der Waals surface area contributed by atoms with Crippen molar-refractivity contribution >= 4 is 52.8 Å². The van der Waals surface area contributed by atoms with Gasteiger partial charge in [0, 0.05) is 21.8 Å². The lowest BCUT2D eigenvalue weighted by Crippen LogP contribution is -2.20. The van der Waals surface area contributed by atoms with E-state index in [9.17, 15) is 4.79 Å². The first-order chi connectivity index (χ1) is 17.5. The highest BCUT2D eigenvalue weighted by atomic mass is 35.5. The van der Waals surface area contributed by atoms with Gasteiger partial charge in [-0.15, -0.1) is 5.10 Å². The first kappa shape index (κ1) is 23.7. The highest BCUT2D eigenvalue weighted by Gasteiger charge is 2.25. The van der Waals surface area contributed by atoms with Crippen LogP contribution in [0.3, 0.4) is 0 Å². The number of amides is 1. The summed E-state index contributed by atoms with van der Waals surface area (Å²) in [7, 11) is 1.63. The molecular weight excluding hydrogens is 497 g/mol. The van der Waals surface area contributed by atoms with Gasteiger partial charge in [-0.05, 0) is 59.2 Å². The Morgan fingerprint density at radius 2 is 1.81 bits per heavy atom. The second-order valence-corrected chi connectivity index (χ2v) is 8.82. The van der Waals surface area contributed by atoms with Gasteiger partial charge in [0.15, 0.2) is 0 Å². The van der Waals surface area contributed by atoms with E-state index in [2.05, 4.69) is 26.8 Å². The molecule has 0 fully saturated rings. The lowest BCUT2D eigenvalue weighted by molar-refractivity contribution is -0.111. The van der Waals surface area contributed by atoms with Crippen molar-refractivity contribution in [2.75, 3.05) is 17.7 Å². The maximum Gasteiger partial charge on any atom is 0.250 e. The molecule has 2 heterocycles. The number of nitrogens with one attached hydrogen (secondary N) is 2. The van der Waals surface area contributed by atoms with Gasteiger partial charge in [-0.1, -0.05) is 65.7 Å². The molecule has 36 heavy (non-hydrogen) atoms. The van der Waals surface area contributed by atoms with Crippen LogP contribution < -0.4 is 15.4 Å². The molecule has 1 aromatic heterocycles. The number of carbonyl (C=O) groups excluding carboxylic acids is 1. The van der Waals surface area contributed by atoms with Crippen molar-refractivity contribution in [2.24, 2.45) is 0 Å². The Morgan fingerprint density at radius 1 is 1.06 bits per heavy atom. The third-order valence-corrected chi connectivity index (χ3v) is 6.23. The van der Waals surface area contributed by atoms with E-state index >= 15 is 0 Å². The first-order valence-electron chi connectivity index (χ1n) is 11.1. The number of nitrogens with zero attached hydrogens (tertiary/aromatic N) is 3. The van der Waals surface area contributed by atoms with Crippen LogP contribution in [0, 0.1) is 0 Å². The summed E-state index contributed by atoms with van der Waals surface area (Å²) in [6.45, 7) is 0. The van der Waals surface area contributed by atoms with E-state index in [1.165, 1.54) is 6.08 Å². The van der Waals surface area contributed by atoms with Crippen LogP contribution in [0.15, 0.2) is 84.9 Å². The van der Waals surface area contributed by atoms with E-state index in [0.29, 0.717) is 16.0 Å². The maximum absolute atomic E-state index is 12.6. The van der Waals surface area contributed by atoms with E-state index in [1.807, 2.05) is 66.7 Å². The van der Waals surface area contributed by atoms with Crippen molar-refractivity contribution in [1.82, 2.24) is 14.8 Å². The molecule has 1 aliphatic rings. The van der Waals surface area contributed by atoms with Gasteiger partial charge in [-0.2, -0.15) is 4.98 Å².